The second-order valence-electron chi connectivity index (χ2n) is 6.85. The summed E-state index contributed by atoms with van der Waals surface area (Å²) in [4.78, 5) is 16.6. The molecule has 1 amide bonds. The van der Waals surface area contributed by atoms with Gasteiger partial charge in [-0.2, -0.15) is 0 Å². The monoisotopic (exact) mass is 336 g/mol. The lowest BCUT2D eigenvalue weighted by molar-refractivity contribution is 0.0453. The van der Waals surface area contributed by atoms with E-state index in [9.17, 15) is 19.4 Å². The second-order valence-corrected chi connectivity index (χ2v) is 6.85. The number of phenolic OH excluding ortho intramolecular Hbond substituents is 1. The molecule has 2 heterocycles. The molecule has 0 aromatic heterocycles. The summed E-state index contributed by atoms with van der Waals surface area (Å²) in [6.07, 6.45) is 3.95. The van der Waals surface area contributed by atoms with Gasteiger partial charge in [0.2, 0.25) is 0 Å². The van der Waals surface area contributed by atoms with Crippen LogP contribution in [0.4, 0.5) is 4.39 Å². The Morgan fingerprint density at radius 1 is 1.21 bits per heavy atom. The lowest BCUT2D eigenvalue weighted by Gasteiger charge is -2.42. The van der Waals surface area contributed by atoms with E-state index in [0.717, 1.165) is 44.8 Å². The summed E-state index contributed by atoms with van der Waals surface area (Å²) in [6, 6.07) is 4.48. The standard InChI is InChI=1S/C18H25FN2O3/c19-16-5-1-4-15(17(16)23)18(24)20-9-6-14(7-10-20)21-8-2-3-13(11-21)12-22/h1,4-5,13-14,22-23H,2-3,6-12H2/t13-/m0/s1. The molecule has 2 aliphatic rings. The molecule has 132 valence electrons. The topological polar surface area (TPSA) is 64.0 Å². The number of likely N-dealkylation sites (tertiary alicyclic amines) is 2. The third-order valence-electron chi connectivity index (χ3n) is 5.29. The van der Waals surface area contributed by atoms with Gasteiger partial charge in [-0.3, -0.25) is 9.69 Å². The molecule has 2 N–H and O–H groups in total. The van der Waals surface area contributed by atoms with Crippen LogP contribution in [0.3, 0.4) is 0 Å². The average molecular weight is 336 g/mol. The Morgan fingerprint density at radius 2 is 1.96 bits per heavy atom. The highest BCUT2D eigenvalue weighted by Gasteiger charge is 2.31. The second kappa shape index (κ2) is 7.49. The van der Waals surface area contributed by atoms with E-state index in [4.69, 9.17) is 0 Å². The summed E-state index contributed by atoms with van der Waals surface area (Å²) in [5.74, 6) is -1.27. The van der Waals surface area contributed by atoms with Gasteiger partial charge in [-0.25, -0.2) is 4.39 Å². The van der Waals surface area contributed by atoms with Crippen molar-refractivity contribution in [2.75, 3.05) is 32.8 Å². The molecule has 1 aromatic carbocycles. The molecule has 5 nitrogen and oxygen atoms in total. The van der Waals surface area contributed by atoms with E-state index >= 15 is 0 Å². The summed E-state index contributed by atoms with van der Waals surface area (Å²) < 4.78 is 13.4. The van der Waals surface area contributed by atoms with Crippen LogP contribution < -0.4 is 0 Å². The number of aliphatic hydroxyl groups is 1. The zero-order chi connectivity index (χ0) is 17.1. The van der Waals surface area contributed by atoms with Gasteiger partial charge < -0.3 is 15.1 Å². The van der Waals surface area contributed by atoms with Crippen LogP contribution in [0.5, 0.6) is 5.75 Å². The number of benzene rings is 1. The van der Waals surface area contributed by atoms with E-state index in [1.54, 1.807) is 4.90 Å². The summed E-state index contributed by atoms with van der Waals surface area (Å²) in [5.41, 5.74) is 0.0340. The minimum atomic E-state index is -0.765. The maximum atomic E-state index is 13.4. The van der Waals surface area contributed by atoms with E-state index in [2.05, 4.69) is 4.90 Å². The number of carbonyl (C=O) groups excluding carboxylic acids is 1. The van der Waals surface area contributed by atoms with Crippen molar-refractivity contribution in [1.82, 2.24) is 9.80 Å². The van der Waals surface area contributed by atoms with Crippen LogP contribution in [0.25, 0.3) is 0 Å². The van der Waals surface area contributed by atoms with E-state index in [0.29, 0.717) is 25.0 Å². The number of rotatable bonds is 3. The number of nitrogens with zero attached hydrogens (tertiary/aromatic N) is 2. The fourth-order valence-corrected chi connectivity index (χ4v) is 3.87. The third-order valence-corrected chi connectivity index (χ3v) is 5.29. The quantitative estimate of drug-likeness (QED) is 0.884. The van der Waals surface area contributed by atoms with E-state index in [1.807, 2.05) is 0 Å². The number of aliphatic hydroxyl groups excluding tert-OH is 1. The first-order valence-corrected chi connectivity index (χ1v) is 8.71. The highest BCUT2D eigenvalue weighted by atomic mass is 19.1. The zero-order valence-corrected chi connectivity index (χ0v) is 13.8. The van der Waals surface area contributed by atoms with Gasteiger partial charge in [0.15, 0.2) is 11.6 Å². The molecule has 2 aliphatic heterocycles. The lowest BCUT2D eigenvalue weighted by Crippen LogP contribution is -2.50. The van der Waals surface area contributed by atoms with Crippen LogP contribution in [-0.2, 0) is 0 Å². The molecule has 0 spiro atoms. The van der Waals surface area contributed by atoms with Gasteiger partial charge in [0.05, 0.1) is 5.56 Å². The normalized spacial score (nSPS) is 23.4. The van der Waals surface area contributed by atoms with Crippen LogP contribution >= 0.6 is 0 Å². The van der Waals surface area contributed by atoms with Crippen LogP contribution in [-0.4, -0.2) is 64.7 Å². The predicted octanol–water partition coefficient (Wildman–Crippen LogP) is 1.84. The largest absolute Gasteiger partial charge is 0.504 e. The Morgan fingerprint density at radius 3 is 2.67 bits per heavy atom. The highest BCUT2D eigenvalue weighted by Crippen LogP contribution is 2.26. The minimum Gasteiger partial charge on any atom is -0.504 e. The molecular weight excluding hydrogens is 311 g/mol. The van der Waals surface area contributed by atoms with Gasteiger partial charge in [0, 0.05) is 32.3 Å². The predicted molar refractivity (Wildman–Crippen MR) is 88.4 cm³/mol. The average Bonchev–Trinajstić information content (AvgIpc) is 2.63. The Bertz CT molecular complexity index is 588. The molecule has 6 heteroatoms. The first kappa shape index (κ1) is 17.2. The summed E-state index contributed by atoms with van der Waals surface area (Å²) in [7, 11) is 0. The number of halogens is 1. The molecule has 2 fully saturated rings. The molecule has 24 heavy (non-hydrogen) atoms. The maximum absolute atomic E-state index is 13.4. The van der Waals surface area contributed by atoms with Crippen molar-refractivity contribution in [3.05, 3.63) is 29.6 Å². The lowest BCUT2D eigenvalue weighted by atomic mass is 9.94. The van der Waals surface area contributed by atoms with Gasteiger partial charge >= 0.3 is 0 Å². The Balaban J connectivity index is 1.58. The number of para-hydroxylation sites is 1. The van der Waals surface area contributed by atoms with E-state index < -0.39 is 11.6 Å². The number of amides is 1. The first-order chi connectivity index (χ1) is 11.6. The van der Waals surface area contributed by atoms with Gasteiger partial charge in [-0.1, -0.05) is 6.07 Å². The van der Waals surface area contributed by atoms with Crippen molar-refractivity contribution >= 4 is 5.91 Å². The molecule has 1 aromatic rings. The molecule has 0 saturated carbocycles. The Labute approximate surface area is 141 Å². The molecule has 0 radical (unpaired) electrons. The molecule has 3 rings (SSSR count). The Kier molecular flexibility index (Phi) is 5.36. The van der Waals surface area contributed by atoms with Crippen molar-refractivity contribution in [3.8, 4) is 5.75 Å². The molecule has 1 atom stereocenters. The number of carbonyl (C=O) groups is 1. The van der Waals surface area contributed by atoms with Crippen molar-refractivity contribution in [1.29, 1.82) is 0 Å². The number of phenols is 1. The fraction of sp³-hybridized carbons (Fsp3) is 0.611. The van der Waals surface area contributed by atoms with Gasteiger partial charge in [0.25, 0.3) is 5.91 Å². The summed E-state index contributed by atoms with van der Waals surface area (Å²) in [5, 5.41) is 19.1. The first-order valence-electron chi connectivity index (χ1n) is 8.71. The molecule has 0 unspecified atom stereocenters. The highest BCUT2D eigenvalue weighted by molar-refractivity contribution is 5.96. The summed E-state index contributed by atoms with van der Waals surface area (Å²) in [6.45, 7) is 3.45. The van der Waals surface area contributed by atoms with Gasteiger partial charge in [-0.15, -0.1) is 0 Å². The van der Waals surface area contributed by atoms with Crippen molar-refractivity contribution in [2.24, 2.45) is 5.92 Å². The van der Waals surface area contributed by atoms with Crippen LogP contribution in [0.15, 0.2) is 18.2 Å². The molecular formula is C18H25FN2O3. The number of hydrogen-bond acceptors (Lipinski definition) is 4. The van der Waals surface area contributed by atoms with Crippen LogP contribution in [0.1, 0.15) is 36.0 Å². The van der Waals surface area contributed by atoms with Gasteiger partial charge in [0.1, 0.15) is 0 Å². The SMILES string of the molecule is O=C(c1cccc(F)c1O)N1CCC(N2CCC[C@H](CO)C2)CC1. The summed E-state index contributed by atoms with van der Waals surface area (Å²) >= 11 is 0. The van der Waals surface area contributed by atoms with Gasteiger partial charge in [-0.05, 0) is 50.3 Å². The zero-order valence-electron chi connectivity index (χ0n) is 13.8. The van der Waals surface area contributed by atoms with Crippen molar-refractivity contribution < 1.29 is 19.4 Å². The van der Waals surface area contributed by atoms with E-state index in [1.165, 1.54) is 12.1 Å². The molecule has 0 aliphatic carbocycles. The fourth-order valence-electron chi connectivity index (χ4n) is 3.87. The van der Waals surface area contributed by atoms with Crippen molar-refractivity contribution in [2.45, 2.75) is 31.7 Å². The Hall–Kier alpha value is -1.66. The smallest absolute Gasteiger partial charge is 0.257 e. The third kappa shape index (κ3) is 3.54. The van der Waals surface area contributed by atoms with Crippen LogP contribution in [0, 0.1) is 11.7 Å². The molecule has 2 saturated heterocycles. The number of aromatic hydroxyl groups is 1. The van der Waals surface area contributed by atoms with Crippen molar-refractivity contribution in [3.63, 3.8) is 0 Å². The number of piperidine rings is 2. The minimum absolute atomic E-state index is 0.0340. The van der Waals surface area contributed by atoms with Crippen LogP contribution in [0.2, 0.25) is 0 Å². The maximum Gasteiger partial charge on any atom is 0.257 e. The van der Waals surface area contributed by atoms with E-state index in [-0.39, 0.29) is 18.1 Å². The molecule has 0 bridgehead atoms. The number of hydrogen-bond donors (Lipinski definition) is 2.